The van der Waals surface area contributed by atoms with Crippen molar-refractivity contribution in [3.63, 3.8) is 0 Å². The third-order valence-electron chi connectivity index (χ3n) is 3.75. The molecule has 0 radical (unpaired) electrons. The van der Waals surface area contributed by atoms with Gasteiger partial charge in [-0.3, -0.25) is 4.79 Å². The lowest BCUT2D eigenvalue weighted by atomic mass is 9.97. The van der Waals surface area contributed by atoms with E-state index in [0.717, 1.165) is 23.9 Å². The molecular formula is C14H17N3O2. The van der Waals surface area contributed by atoms with Crippen molar-refractivity contribution < 1.29 is 9.90 Å². The van der Waals surface area contributed by atoms with Gasteiger partial charge in [-0.05, 0) is 25.0 Å². The fourth-order valence-electron chi connectivity index (χ4n) is 2.77. The van der Waals surface area contributed by atoms with Crippen molar-refractivity contribution >= 4 is 22.6 Å². The van der Waals surface area contributed by atoms with Gasteiger partial charge in [0, 0.05) is 0 Å². The van der Waals surface area contributed by atoms with Crippen LogP contribution in [0.3, 0.4) is 0 Å². The predicted octanol–water partition coefficient (Wildman–Crippen LogP) is 2.20. The quantitative estimate of drug-likeness (QED) is 0.790. The minimum atomic E-state index is -0.816. The van der Waals surface area contributed by atoms with E-state index < -0.39 is 5.60 Å². The molecule has 1 fully saturated rings. The van der Waals surface area contributed by atoms with Gasteiger partial charge in [-0.25, -0.2) is 4.98 Å². The van der Waals surface area contributed by atoms with Crippen molar-refractivity contribution in [1.29, 1.82) is 0 Å². The summed E-state index contributed by atoms with van der Waals surface area (Å²) in [5.74, 6) is -0.153. The number of nitrogens with zero attached hydrogens (tertiary/aromatic N) is 1. The van der Waals surface area contributed by atoms with Crippen LogP contribution in [-0.2, 0) is 4.79 Å². The summed E-state index contributed by atoms with van der Waals surface area (Å²) in [4.78, 5) is 19.2. The van der Waals surface area contributed by atoms with Gasteiger partial charge >= 0.3 is 0 Å². The highest BCUT2D eigenvalue weighted by Crippen LogP contribution is 2.32. The monoisotopic (exact) mass is 259 g/mol. The second-order valence-electron chi connectivity index (χ2n) is 5.26. The van der Waals surface area contributed by atoms with Gasteiger partial charge in [0.15, 0.2) is 0 Å². The first-order valence-electron chi connectivity index (χ1n) is 6.61. The number of benzene rings is 1. The molecule has 5 heteroatoms. The Morgan fingerprint density at radius 1 is 1.42 bits per heavy atom. The first-order chi connectivity index (χ1) is 9.16. The minimum absolute atomic E-state index is 0.153. The Kier molecular flexibility index (Phi) is 2.98. The van der Waals surface area contributed by atoms with E-state index in [2.05, 4.69) is 15.3 Å². The standard InChI is InChI=1S/C14H17N3O2/c18-12(8-14(19)6-1-2-7-14)17-11-5-3-4-10-13(11)16-9-15-10/h3-5,9,19H,1-2,6-8H2,(H,15,16)(H,17,18). The fourth-order valence-corrected chi connectivity index (χ4v) is 2.77. The Morgan fingerprint density at radius 3 is 3.00 bits per heavy atom. The molecule has 2 aromatic rings. The van der Waals surface area contributed by atoms with Crippen LogP contribution in [-0.4, -0.2) is 26.6 Å². The average Bonchev–Trinajstić information content (AvgIpc) is 2.98. The number of aliphatic hydroxyl groups is 1. The minimum Gasteiger partial charge on any atom is -0.389 e. The topological polar surface area (TPSA) is 78.0 Å². The largest absolute Gasteiger partial charge is 0.389 e. The zero-order valence-corrected chi connectivity index (χ0v) is 10.6. The lowest BCUT2D eigenvalue weighted by molar-refractivity contribution is -0.120. The van der Waals surface area contributed by atoms with Gasteiger partial charge in [-0.1, -0.05) is 18.9 Å². The molecule has 1 aromatic carbocycles. The second kappa shape index (κ2) is 4.66. The zero-order chi connectivity index (χ0) is 13.3. The van der Waals surface area contributed by atoms with Gasteiger partial charge in [0.2, 0.25) is 5.91 Å². The summed E-state index contributed by atoms with van der Waals surface area (Å²) in [5, 5.41) is 13.1. The van der Waals surface area contributed by atoms with Crippen LogP contribution in [0.1, 0.15) is 32.1 Å². The van der Waals surface area contributed by atoms with Crippen LogP contribution < -0.4 is 5.32 Å². The van der Waals surface area contributed by atoms with E-state index in [1.807, 2.05) is 18.2 Å². The van der Waals surface area contributed by atoms with Gasteiger partial charge < -0.3 is 15.4 Å². The third kappa shape index (κ3) is 2.46. The van der Waals surface area contributed by atoms with Crippen molar-refractivity contribution in [2.24, 2.45) is 0 Å². The first kappa shape index (κ1) is 12.2. The smallest absolute Gasteiger partial charge is 0.227 e. The molecule has 0 unspecified atom stereocenters. The average molecular weight is 259 g/mol. The van der Waals surface area contributed by atoms with Gasteiger partial charge in [-0.15, -0.1) is 0 Å². The summed E-state index contributed by atoms with van der Waals surface area (Å²) in [6, 6.07) is 5.59. The van der Waals surface area contributed by atoms with Crippen LogP contribution in [0, 0.1) is 0 Å². The van der Waals surface area contributed by atoms with Crippen molar-refractivity contribution in [1.82, 2.24) is 9.97 Å². The summed E-state index contributed by atoms with van der Waals surface area (Å²) in [6.45, 7) is 0. The third-order valence-corrected chi connectivity index (χ3v) is 3.75. The summed E-state index contributed by atoms with van der Waals surface area (Å²) in [5.41, 5.74) is 1.50. The maximum Gasteiger partial charge on any atom is 0.227 e. The van der Waals surface area contributed by atoms with Crippen molar-refractivity contribution in [2.75, 3.05) is 5.32 Å². The molecule has 3 N–H and O–H groups in total. The number of para-hydroxylation sites is 1. The molecule has 1 aromatic heterocycles. The summed E-state index contributed by atoms with van der Waals surface area (Å²) >= 11 is 0. The number of hydrogen-bond donors (Lipinski definition) is 3. The number of imidazole rings is 1. The predicted molar refractivity (Wildman–Crippen MR) is 72.8 cm³/mol. The van der Waals surface area contributed by atoms with Gasteiger partial charge in [-0.2, -0.15) is 0 Å². The number of rotatable bonds is 3. The fraction of sp³-hybridized carbons (Fsp3) is 0.429. The molecule has 0 aliphatic heterocycles. The van der Waals surface area contributed by atoms with Crippen LogP contribution in [0.4, 0.5) is 5.69 Å². The van der Waals surface area contributed by atoms with Crippen LogP contribution in [0.5, 0.6) is 0 Å². The normalized spacial score (nSPS) is 17.7. The Balaban J connectivity index is 1.74. The highest BCUT2D eigenvalue weighted by atomic mass is 16.3. The summed E-state index contributed by atoms with van der Waals surface area (Å²) in [6.07, 6.45) is 5.19. The van der Waals surface area contributed by atoms with Gasteiger partial charge in [0.1, 0.15) is 5.52 Å². The molecular weight excluding hydrogens is 242 g/mol. The van der Waals surface area contributed by atoms with E-state index in [0.29, 0.717) is 18.5 Å². The van der Waals surface area contributed by atoms with E-state index in [1.165, 1.54) is 0 Å². The molecule has 1 aliphatic rings. The number of hydrogen-bond acceptors (Lipinski definition) is 3. The molecule has 0 saturated heterocycles. The lowest BCUT2D eigenvalue weighted by Gasteiger charge is -2.21. The van der Waals surface area contributed by atoms with Crippen LogP contribution in [0.2, 0.25) is 0 Å². The number of amides is 1. The SMILES string of the molecule is O=C(CC1(O)CCCC1)Nc1cccc2[nH]cnc12. The van der Waals surface area contributed by atoms with Crippen LogP contribution in [0.25, 0.3) is 11.0 Å². The first-order valence-corrected chi connectivity index (χ1v) is 6.61. The maximum atomic E-state index is 12.0. The zero-order valence-electron chi connectivity index (χ0n) is 10.6. The Morgan fingerprint density at radius 2 is 2.21 bits per heavy atom. The number of nitrogens with one attached hydrogen (secondary N) is 2. The van der Waals surface area contributed by atoms with Crippen molar-refractivity contribution in [3.8, 4) is 0 Å². The van der Waals surface area contributed by atoms with E-state index in [4.69, 9.17) is 0 Å². The molecule has 0 bridgehead atoms. The highest BCUT2D eigenvalue weighted by Gasteiger charge is 2.33. The van der Waals surface area contributed by atoms with E-state index >= 15 is 0 Å². The Bertz CT molecular complexity index is 600. The maximum absolute atomic E-state index is 12.0. The molecule has 1 heterocycles. The lowest BCUT2D eigenvalue weighted by Crippen LogP contribution is -2.30. The number of H-pyrrole nitrogens is 1. The molecule has 1 saturated carbocycles. The number of fused-ring (bicyclic) bond motifs is 1. The summed E-state index contributed by atoms with van der Waals surface area (Å²) < 4.78 is 0. The molecule has 1 amide bonds. The number of carbonyl (C=O) groups excluding carboxylic acids is 1. The number of aromatic amines is 1. The van der Waals surface area contributed by atoms with Gasteiger partial charge in [0.05, 0.1) is 29.6 Å². The van der Waals surface area contributed by atoms with Gasteiger partial charge in [0.25, 0.3) is 0 Å². The molecule has 100 valence electrons. The number of aromatic nitrogens is 2. The Labute approximate surface area is 111 Å². The van der Waals surface area contributed by atoms with Crippen LogP contribution in [0.15, 0.2) is 24.5 Å². The highest BCUT2D eigenvalue weighted by molar-refractivity contribution is 5.99. The van der Waals surface area contributed by atoms with Crippen LogP contribution >= 0.6 is 0 Å². The Hall–Kier alpha value is -1.88. The number of carbonyl (C=O) groups is 1. The molecule has 0 atom stereocenters. The van der Waals surface area contributed by atoms with Crippen molar-refractivity contribution in [2.45, 2.75) is 37.7 Å². The molecule has 3 rings (SSSR count). The van der Waals surface area contributed by atoms with Crippen molar-refractivity contribution in [3.05, 3.63) is 24.5 Å². The molecule has 1 aliphatic carbocycles. The van der Waals surface area contributed by atoms with E-state index in [9.17, 15) is 9.90 Å². The number of anilines is 1. The molecule has 19 heavy (non-hydrogen) atoms. The molecule has 0 spiro atoms. The van der Waals surface area contributed by atoms with E-state index in [1.54, 1.807) is 6.33 Å². The summed E-state index contributed by atoms with van der Waals surface area (Å²) in [7, 11) is 0. The second-order valence-corrected chi connectivity index (χ2v) is 5.26. The van der Waals surface area contributed by atoms with E-state index in [-0.39, 0.29) is 12.3 Å². The molecule has 5 nitrogen and oxygen atoms in total.